The van der Waals surface area contributed by atoms with Gasteiger partial charge in [-0.1, -0.05) is 41.5 Å². The Hall–Kier alpha value is 0. The summed E-state index contributed by atoms with van der Waals surface area (Å²) in [5.74, 6) is 6.52. The van der Waals surface area contributed by atoms with Gasteiger partial charge >= 0.3 is 0 Å². The fourth-order valence-corrected chi connectivity index (χ4v) is 11.1. The Kier molecular flexibility index (Phi) is 1.37. The predicted octanol–water partition coefficient (Wildman–Crippen LogP) is 4.99. The van der Waals surface area contributed by atoms with Crippen LogP contribution in [0, 0.1) is 62.6 Å². The normalized spacial score (nSPS) is 84.9. The summed E-state index contributed by atoms with van der Waals surface area (Å²) in [4.78, 5) is 0. The highest BCUT2D eigenvalue weighted by atomic mass is 15.0. The van der Waals surface area contributed by atoms with Gasteiger partial charge in [-0.25, -0.2) is 0 Å². The molecule has 0 aromatic heterocycles. The van der Waals surface area contributed by atoms with Crippen molar-refractivity contribution >= 4 is 0 Å². The molecule has 0 radical (unpaired) electrons. The number of hydrogen-bond acceptors (Lipinski definition) is 0. The fraction of sp³-hybridized carbons (Fsp3) is 1.00. The molecule has 8 rings (SSSR count). The van der Waals surface area contributed by atoms with Crippen molar-refractivity contribution in [1.29, 1.82) is 0 Å². The van der Waals surface area contributed by atoms with Gasteiger partial charge in [0.05, 0.1) is 0 Å². The molecule has 0 N–H and O–H groups in total. The van der Waals surface area contributed by atoms with E-state index in [-0.39, 0.29) is 0 Å². The van der Waals surface area contributed by atoms with Crippen LogP contribution in [0.2, 0.25) is 0 Å². The Bertz CT molecular complexity index is 579. The molecule has 0 amide bonds. The van der Waals surface area contributed by atoms with Crippen LogP contribution in [0.1, 0.15) is 60.8 Å². The van der Waals surface area contributed by atoms with Gasteiger partial charge in [0.15, 0.2) is 0 Å². The van der Waals surface area contributed by atoms with Crippen molar-refractivity contribution in [3.8, 4) is 0 Å². The molecular weight excluding hydrogens is 240 g/mol. The Morgan fingerprint density at radius 3 is 1.95 bits per heavy atom. The molecule has 0 nitrogen and oxygen atoms in total. The molecule has 11 unspecified atom stereocenters. The molecule has 0 spiro atoms. The minimum atomic E-state index is 0.670. The predicted molar refractivity (Wildman–Crippen MR) is 81.0 cm³/mol. The van der Waals surface area contributed by atoms with Crippen molar-refractivity contribution in [2.75, 3.05) is 0 Å². The average Bonchev–Trinajstić information content (AvgIpc) is 2.91. The van der Waals surface area contributed by atoms with E-state index in [0.717, 1.165) is 40.9 Å². The Morgan fingerprint density at radius 1 is 0.750 bits per heavy atom. The summed E-state index contributed by atoms with van der Waals surface area (Å²) in [5, 5.41) is 0. The van der Waals surface area contributed by atoms with E-state index in [1.165, 1.54) is 6.42 Å². The molecule has 8 saturated carbocycles. The van der Waals surface area contributed by atoms with E-state index >= 15 is 0 Å². The number of rotatable bonds is 0. The van der Waals surface area contributed by atoms with Crippen molar-refractivity contribution in [2.24, 2.45) is 62.6 Å². The lowest BCUT2D eigenvalue weighted by Crippen LogP contribution is -2.84. The quantitative estimate of drug-likeness (QED) is 0.582. The van der Waals surface area contributed by atoms with E-state index in [9.17, 15) is 0 Å². The Balaban J connectivity index is 1.60. The van der Waals surface area contributed by atoms with E-state index in [2.05, 4.69) is 41.5 Å². The van der Waals surface area contributed by atoms with E-state index in [1.54, 1.807) is 12.8 Å². The third-order valence-corrected chi connectivity index (χ3v) is 12.3. The highest BCUT2D eigenvalue weighted by Crippen LogP contribution is 3.04. The first-order chi connectivity index (χ1) is 9.22. The monoisotopic (exact) mass is 270 g/mol. The van der Waals surface area contributed by atoms with E-state index in [4.69, 9.17) is 0 Å². The summed E-state index contributed by atoms with van der Waals surface area (Å²) in [7, 11) is 0. The minimum absolute atomic E-state index is 0.670. The summed E-state index contributed by atoms with van der Waals surface area (Å²) >= 11 is 0. The molecule has 4 bridgehead atoms. The number of hydrogen-bond donors (Lipinski definition) is 0. The van der Waals surface area contributed by atoms with Crippen LogP contribution in [0.3, 0.4) is 0 Å². The number of fused-ring (bicyclic) bond motifs is 5. The zero-order valence-corrected chi connectivity index (χ0v) is 14.1. The zero-order chi connectivity index (χ0) is 14.1. The molecule has 0 aliphatic heterocycles. The molecule has 8 aliphatic rings. The molecule has 0 heteroatoms. The smallest absolute Gasteiger partial charge is 0.0168 e. The van der Waals surface area contributed by atoms with Gasteiger partial charge in [0.2, 0.25) is 0 Å². The largest absolute Gasteiger partial charge is 0.0619 e. The molecule has 8 fully saturated rings. The van der Waals surface area contributed by atoms with E-state index in [0.29, 0.717) is 21.7 Å². The van der Waals surface area contributed by atoms with Gasteiger partial charge in [-0.2, -0.15) is 0 Å². The van der Waals surface area contributed by atoms with Gasteiger partial charge in [0.25, 0.3) is 0 Å². The molecule has 8 aliphatic carbocycles. The minimum Gasteiger partial charge on any atom is -0.0619 e. The van der Waals surface area contributed by atoms with Crippen molar-refractivity contribution < 1.29 is 0 Å². The van der Waals surface area contributed by atoms with Crippen LogP contribution in [0.5, 0.6) is 0 Å². The SMILES string of the molecule is CC1CC2C3C4C5C6CCC6(C)C5(C)C4(C)C2(C)C13C. The summed E-state index contributed by atoms with van der Waals surface area (Å²) in [6.07, 6.45) is 4.64. The van der Waals surface area contributed by atoms with Gasteiger partial charge in [0, 0.05) is 0 Å². The average molecular weight is 270 g/mol. The van der Waals surface area contributed by atoms with Crippen molar-refractivity contribution in [3.05, 3.63) is 0 Å². The van der Waals surface area contributed by atoms with Crippen molar-refractivity contribution in [3.63, 3.8) is 0 Å². The Morgan fingerprint density at radius 2 is 1.45 bits per heavy atom. The second-order valence-corrected chi connectivity index (χ2v) is 10.8. The van der Waals surface area contributed by atoms with Crippen LogP contribution in [0.25, 0.3) is 0 Å². The summed E-state index contributed by atoms with van der Waals surface area (Å²) in [5.41, 5.74) is 3.45. The van der Waals surface area contributed by atoms with Crippen LogP contribution >= 0.6 is 0 Å². The first kappa shape index (κ1) is 11.6. The zero-order valence-electron chi connectivity index (χ0n) is 14.1. The standard InChI is InChI=1S/C20H30/c1-10-9-12-13-15-14-11-7-8-16(11,2)19(14,5)20(15,6)18(12,4)17(10,13)3/h10-15H,7-9H2,1-6H3. The molecule has 0 saturated heterocycles. The summed E-state index contributed by atoms with van der Waals surface area (Å²) in [6, 6.07) is 0. The van der Waals surface area contributed by atoms with E-state index < -0.39 is 0 Å². The Labute approximate surface area is 124 Å². The van der Waals surface area contributed by atoms with Gasteiger partial charge in [-0.15, -0.1) is 0 Å². The first-order valence-corrected chi connectivity index (χ1v) is 9.22. The maximum atomic E-state index is 2.75. The summed E-state index contributed by atoms with van der Waals surface area (Å²) in [6.45, 7) is 16.1. The fourth-order valence-electron chi connectivity index (χ4n) is 11.1. The van der Waals surface area contributed by atoms with Crippen LogP contribution in [-0.2, 0) is 0 Å². The molecular formula is C20H30. The highest BCUT2D eigenvalue weighted by Gasteiger charge is 3.00. The van der Waals surface area contributed by atoms with Crippen LogP contribution < -0.4 is 0 Å². The van der Waals surface area contributed by atoms with Gasteiger partial charge in [0.1, 0.15) is 0 Å². The second kappa shape index (κ2) is 2.37. The van der Waals surface area contributed by atoms with Crippen LogP contribution in [0.4, 0.5) is 0 Å². The van der Waals surface area contributed by atoms with Crippen molar-refractivity contribution in [2.45, 2.75) is 60.8 Å². The maximum absolute atomic E-state index is 2.75. The topological polar surface area (TPSA) is 0 Å². The molecule has 0 aromatic rings. The van der Waals surface area contributed by atoms with Crippen molar-refractivity contribution in [1.82, 2.24) is 0 Å². The van der Waals surface area contributed by atoms with Crippen LogP contribution in [0.15, 0.2) is 0 Å². The summed E-state index contributed by atoms with van der Waals surface area (Å²) < 4.78 is 0. The van der Waals surface area contributed by atoms with Gasteiger partial charge in [-0.05, 0) is 81.8 Å². The molecule has 0 aromatic carbocycles. The van der Waals surface area contributed by atoms with Gasteiger partial charge in [-0.3, -0.25) is 0 Å². The first-order valence-electron chi connectivity index (χ1n) is 9.22. The molecule has 0 heterocycles. The lowest BCUT2D eigenvalue weighted by Gasteiger charge is -2.88. The maximum Gasteiger partial charge on any atom is -0.0168 e. The molecule has 110 valence electrons. The lowest BCUT2D eigenvalue weighted by molar-refractivity contribution is -0.415. The highest BCUT2D eigenvalue weighted by molar-refractivity contribution is 5.47. The lowest BCUT2D eigenvalue weighted by atomic mass is 9.15. The molecule has 11 atom stereocenters. The third kappa shape index (κ3) is 0.542. The van der Waals surface area contributed by atoms with Crippen LogP contribution in [-0.4, -0.2) is 0 Å². The second-order valence-electron chi connectivity index (χ2n) is 10.8. The molecule has 20 heavy (non-hydrogen) atoms. The third-order valence-electron chi connectivity index (χ3n) is 12.3. The van der Waals surface area contributed by atoms with Gasteiger partial charge < -0.3 is 0 Å². The van der Waals surface area contributed by atoms with E-state index in [1.807, 2.05) is 0 Å².